The van der Waals surface area contributed by atoms with E-state index in [0.29, 0.717) is 18.2 Å². The van der Waals surface area contributed by atoms with Crippen LogP contribution >= 0.6 is 11.6 Å². The summed E-state index contributed by atoms with van der Waals surface area (Å²) in [6, 6.07) is 1.69. The molecule has 2 rings (SSSR count). The summed E-state index contributed by atoms with van der Waals surface area (Å²) in [7, 11) is 0. The molecule has 122 valence electrons. The van der Waals surface area contributed by atoms with E-state index in [2.05, 4.69) is 15.4 Å². The Morgan fingerprint density at radius 2 is 2.35 bits per heavy atom. The highest BCUT2D eigenvalue weighted by atomic mass is 35.5. The molecule has 0 aromatic carbocycles. The van der Waals surface area contributed by atoms with Crippen LogP contribution in [0, 0.1) is 11.3 Å². The molecule has 1 aliphatic rings. The fraction of sp³-hybridized carbons (Fsp3) is 0.533. The van der Waals surface area contributed by atoms with E-state index in [1.54, 1.807) is 11.0 Å². The van der Waals surface area contributed by atoms with Gasteiger partial charge in [0.2, 0.25) is 5.91 Å². The summed E-state index contributed by atoms with van der Waals surface area (Å²) in [6.07, 6.45) is 8.07. The molecular formula is C15H19ClN6O. The van der Waals surface area contributed by atoms with Crippen LogP contribution < -0.4 is 0 Å². The van der Waals surface area contributed by atoms with Crippen LogP contribution in [0.4, 0.5) is 0 Å². The minimum absolute atomic E-state index is 0.124. The van der Waals surface area contributed by atoms with Gasteiger partial charge in [0.15, 0.2) is 5.82 Å². The van der Waals surface area contributed by atoms with Gasteiger partial charge in [-0.15, -0.1) is 26.6 Å². The van der Waals surface area contributed by atoms with Gasteiger partial charge >= 0.3 is 0 Å². The average molecular weight is 335 g/mol. The number of nitriles is 1. The highest BCUT2D eigenvalue weighted by molar-refractivity contribution is 6.19. The number of likely N-dealkylation sites (tertiary alicyclic amines) is 1. The first kappa shape index (κ1) is 17.2. The van der Waals surface area contributed by atoms with Crippen LogP contribution in [0.5, 0.6) is 0 Å². The lowest BCUT2D eigenvalue weighted by atomic mass is 10.0. The number of rotatable bonds is 5. The predicted molar refractivity (Wildman–Crippen MR) is 86.2 cm³/mol. The highest BCUT2D eigenvalue weighted by Gasteiger charge is 2.31. The Bertz CT molecular complexity index is 645. The van der Waals surface area contributed by atoms with Gasteiger partial charge < -0.3 is 4.90 Å². The molecule has 1 atom stereocenters. The second-order valence-electron chi connectivity index (χ2n) is 5.15. The topological polar surface area (TPSA) is 87.7 Å². The summed E-state index contributed by atoms with van der Waals surface area (Å²) in [4.78, 5) is 15.2. The van der Waals surface area contributed by atoms with Crippen LogP contribution in [0.1, 0.15) is 44.5 Å². The average Bonchev–Trinajstić information content (AvgIpc) is 3.04. The fourth-order valence-electron chi connectivity index (χ4n) is 2.60. The number of allylic oxidation sites excluding steroid dienone is 4. The van der Waals surface area contributed by atoms with Crippen molar-refractivity contribution in [3.63, 3.8) is 0 Å². The number of carbonyl (C=O) groups excluding carboxylic acids is 1. The van der Waals surface area contributed by atoms with Crippen molar-refractivity contribution < 1.29 is 4.79 Å². The molecule has 0 radical (unpaired) electrons. The van der Waals surface area contributed by atoms with Gasteiger partial charge in [-0.25, -0.2) is 0 Å². The molecule has 2 heterocycles. The van der Waals surface area contributed by atoms with Gasteiger partial charge in [0.25, 0.3) is 0 Å². The summed E-state index contributed by atoms with van der Waals surface area (Å²) in [5.74, 6) is 0.659. The van der Waals surface area contributed by atoms with E-state index in [1.165, 1.54) is 4.80 Å². The van der Waals surface area contributed by atoms with Crippen molar-refractivity contribution in [3.05, 3.63) is 24.1 Å². The lowest BCUT2D eigenvalue weighted by Crippen LogP contribution is -2.38. The van der Waals surface area contributed by atoms with Gasteiger partial charge in [0, 0.05) is 12.4 Å². The van der Waals surface area contributed by atoms with E-state index >= 15 is 0 Å². The Labute approximate surface area is 140 Å². The second-order valence-corrected chi connectivity index (χ2v) is 5.46. The smallest absolute Gasteiger partial charge is 0.237 e. The van der Waals surface area contributed by atoms with Crippen LogP contribution in [-0.2, 0) is 4.79 Å². The summed E-state index contributed by atoms with van der Waals surface area (Å²) >= 11 is 5.75. The van der Waals surface area contributed by atoms with Crippen molar-refractivity contribution in [2.45, 2.75) is 38.6 Å². The number of aromatic nitrogens is 4. The predicted octanol–water partition coefficient (Wildman–Crippen LogP) is 2.30. The Kier molecular flexibility index (Phi) is 6.29. The SMILES string of the molecule is C/C=C\C(=C/CCl)n1nnc(C2CCCCN2C(=O)CC#N)n1. The molecule has 23 heavy (non-hydrogen) atoms. The minimum Gasteiger partial charge on any atom is -0.331 e. The van der Waals surface area contributed by atoms with Crippen molar-refractivity contribution in [1.82, 2.24) is 25.1 Å². The number of tetrazole rings is 1. The van der Waals surface area contributed by atoms with Crippen LogP contribution in [-0.4, -0.2) is 43.4 Å². The van der Waals surface area contributed by atoms with E-state index in [0.717, 1.165) is 25.0 Å². The Morgan fingerprint density at radius 3 is 3.04 bits per heavy atom. The van der Waals surface area contributed by atoms with Crippen molar-refractivity contribution >= 4 is 23.2 Å². The van der Waals surface area contributed by atoms with Crippen LogP contribution in [0.3, 0.4) is 0 Å². The standard InChI is InChI=1S/C15H19ClN6O/c1-2-5-12(7-9-16)22-19-15(18-20-22)13-6-3-4-11-21(13)14(23)8-10-17/h2,5,7,13H,3-4,6,8-9,11H2,1H3/b5-2-,12-7+. The van der Waals surface area contributed by atoms with Crippen molar-refractivity contribution in [1.29, 1.82) is 5.26 Å². The van der Waals surface area contributed by atoms with Crippen molar-refractivity contribution in [2.24, 2.45) is 0 Å². The molecule has 1 amide bonds. The molecule has 1 aromatic heterocycles. The maximum absolute atomic E-state index is 12.1. The summed E-state index contributed by atoms with van der Waals surface area (Å²) in [6.45, 7) is 2.52. The van der Waals surface area contributed by atoms with Crippen LogP contribution in [0.2, 0.25) is 0 Å². The summed E-state index contributed by atoms with van der Waals surface area (Å²) in [5, 5.41) is 21.3. The molecule has 1 fully saturated rings. The molecule has 1 aliphatic heterocycles. The number of halogens is 1. The van der Waals surface area contributed by atoms with Gasteiger partial charge in [0.1, 0.15) is 6.42 Å². The van der Waals surface area contributed by atoms with Crippen LogP contribution in [0.25, 0.3) is 5.70 Å². The van der Waals surface area contributed by atoms with Gasteiger partial charge in [-0.05, 0) is 43.6 Å². The number of nitrogens with zero attached hydrogens (tertiary/aromatic N) is 6. The highest BCUT2D eigenvalue weighted by Crippen LogP contribution is 2.29. The number of hydrogen-bond donors (Lipinski definition) is 0. The largest absolute Gasteiger partial charge is 0.331 e. The molecular weight excluding hydrogens is 316 g/mol. The molecule has 1 aromatic rings. The van der Waals surface area contributed by atoms with Gasteiger partial charge in [0.05, 0.1) is 17.8 Å². The molecule has 1 saturated heterocycles. The molecule has 0 N–H and O–H groups in total. The van der Waals surface area contributed by atoms with Gasteiger partial charge in [-0.2, -0.15) is 5.26 Å². The summed E-state index contributed by atoms with van der Waals surface area (Å²) in [5.41, 5.74) is 0.729. The van der Waals surface area contributed by atoms with E-state index in [4.69, 9.17) is 16.9 Å². The lowest BCUT2D eigenvalue weighted by molar-refractivity contribution is -0.134. The van der Waals surface area contributed by atoms with Gasteiger partial charge in [-0.3, -0.25) is 4.79 Å². The first-order valence-electron chi connectivity index (χ1n) is 7.56. The zero-order valence-corrected chi connectivity index (χ0v) is 13.8. The molecule has 8 heteroatoms. The fourth-order valence-corrected chi connectivity index (χ4v) is 2.76. The Hall–Kier alpha value is -2.20. The Balaban J connectivity index is 2.25. The van der Waals surface area contributed by atoms with E-state index in [1.807, 2.05) is 25.1 Å². The van der Waals surface area contributed by atoms with Crippen LogP contribution in [0.15, 0.2) is 18.2 Å². The number of hydrogen-bond acceptors (Lipinski definition) is 5. The van der Waals surface area contributed by atoms with E-state index in [9.17, 15) is 4.79 Å². The zero-order chi connectivity index (χ0) is 16.7. The molecule has 0 spiro atoms. The normalized spacial score (nSPS) is 19.1. The maximum atomic E-state index is 12.1. The first-order valence-corrected chi connectivity index (χ1v) is 8.10. The second kappa shape index (κ2) is 8.44. The third-order valence-electron chi connectivity index (χ3n) is 3.64. The maximum Gasteiger partial charge on any atom is 0.237 e. The third-order valence-corrected chi connectivity index (χ3v) is 3.79. The third kappa shape index (κ3) is 4.17. The zero-order valence-electron chi connectivity index (χ0n) is 13.0. The van der Waals surface area contributed by atoms with Gasteiger partial charge in [-0.1, -0.05) is 6.08 Å². The lowest BCUT2D eigenvalue weighted by Gasteiger charge is -2.33. The number of piperidine rings is 1. The Morgan fingerprint density at radius 1 is 1.52 bits per heavy atom. The molecule has 1 unspecified atom stereocenters. The molecule has 7 nitrogen and oxygen atoms in total. The van der Waals surface area contributed by atoms with E-state index < -0.39 is 0 Å². The summed E-state index contributed by atoms with van der Waals surface area (Å²) < 4.78 is 0. The monoisotopic (exact) mass is 334 g/mol. The molecule has 0 bridgehead atoms. The first-order chi connectivity index (χ1) is 11.2. The van der Waals surface area contributed by atoms with Crippen molar-refractivity contribution in [3.8, 4) is 6.07 Å². The number of carbonyl (C=O) groups is 1. The minimum atomic E-state index is -0.221. The molecule has 0 aliphatic carbocycles. The van der Waals surface area contributed by atoms with E-state index in [-0.39, 0.29) is 18.4 Å². The molecule has 0 saturated carbocycles. The number of amides is 1. The van der Waals surface area contributed by atoms with Crippen molar-refractivity contribution in [2.75, 3.05) is 12.4 Å². The quantitative estimate of drug-likeness (QED) is 0.609. The number of alkyl halides is 1.